The molecule has 2 aromatic rings. The third kappa shape index (κ3) is 8.88. The van der Waals surface area contributed by atoms with Crippen LogP contribution in [0.2, 0.25) is 0 Å². The van der Waals surface area contributed by atoms with Crippen LogP contribution in [0.5, 0.6) is 11.5 Å². The van der Waals surface area contributed by atoms with Crippen molar-refractivity contribution in [1.29, 1.82) is 0 Å². The van der Waals surface area contributed by atoms with E-state index in [1.54, 1.807) is 36.0 Å². The van der Waals surface area contributed by atoms with E-state index in [2.05, 4.69) is 11.4 Å². The average Bonchev–Trinajstić information content (AvgIpc) is 2.57. The molecule has 0 bridgehead atoms. The molecule has 7 heteroatoms. The van der Waals surface area contributed by atoms with Crippen molar-refractivity contribution in [2.45, 2.75) is 49.8 Å². The van der Waals surface area contributed by atoms with E-state index in [4.69, 9.17) is 9.79 Å². The summed E-state index contributed by atoms with van der Waals surface area (Å²) in [5.41, 5.74) is 2.09. The molecule has 144 valence electrons. The molecule has 0 radical (unpaired) electrons. The van der Waals surface area contributed by atoms with E-state index in [0.717, 1.165) is 40.2 Å². The molecule has 0 aliphatic heterocycles. The standard InChI is InChI=1S/C14H14O2S.C5H13O3P/c1-9-7-11(15)3-5-13(9)17-14-6-4-12(16)8-10(14)2;1-2-3-4-5-8-9(6)7/h3-8,15-16H,1-2H3;6-7H,2-5H2,1H3. The molecule has 0 aromatic heterocycles. The summed E-state index contributed by atoms with van der Waals surface area (Å²) in [6.07, 6.45) is 3.12. The van der Waals surface area contributed by atoms with Crippen LogP contribution in [0.3, 0.4) is 0 Å². The van der Waals surface area contributed by atoms with Crippen LogP contribution in [0.4, 0.5) is 0 Å². The maximum absolute atomic E-state index is 9.35. The van der Waals surface area contributed by atoms with Crippen LogP contribution in [0, 0.1) is 13.8 Å². The first-order valence-corrected chi connectivity index (χ1v) is 10.4. The van der Waals surface area contributed by atoms with Crippen molar-refractivity contribution < 1.29 is 24.5 Å². The zero-order valence-electron chi connectivity index (χ0n) is 15.3. The predicted octanol–water partition coefficient (Wildman–Crippen LogP) is 5.27. The minimum Gasteiger partial charge on any atom is -0.508 e. The molecule has 2 aromatic carbocycles. The Hall–Kier alpha value is -1.30. The number of phenolic OH excluding ortho intramolecular Hbond substituents is 2. The van der Waals surface area contributed by atoms with Gasteiger partial charge in [-0.05, 0) is 67.8 Å². The lowest BCUT2D eigenvalue weighted by atomic mass is 10.2. The number of benzene rings is 2. The van der Waals surface area contributed by atoms with Crippen molar-refractivity contribution in [2.75, 3.05) is 6.61 Å². The van der Waals surface area contributed by atoms with Gasteiger partial charge in [-0.1, -0.05) is 31.5 Å². The highest BCUT2D eigenvalue weighted by molar-refractivity contribution is 7.99. The number of hydrogen-bond acceptors (Lipinski definition) is 6. The molecule has 0 unspecified atom stereocenters. The van der Waals surface area contributed by atoms with Gasteiger partial charge in [0.25, 0.3) is 0 Å². The van der Waals surface area contributed by atoms with E-state index in [0.29, 0.717) is 6.61 Å². The third-order valence-electron chi connectivity index (χ3n) is 3.49. The largest absolute Gasteiger partial charge is 0.508 e. The molecule has 0 spiro atoms. The first-order valence-electron chi connectivity index (χ1n) is 8.41. The summed E-state index contributed by atoms with van der Waals surface area (Å²) in [5, 5.41) is 18.7. The summed E-state index contributed by atoms with van der Waals surface area (Å²) < 4.78 is 4.52. The second kappa shape index (κ2) is 12.2. The van der Waals surface area contributed by atoms with Gasteiger partial charge in [0.2, 0.25) is 0 Å². The maximum Gasteiger partial charge on any atom is 0.327 e. The van der Waals surface area contributed by atoms with E-state index >= 15 is 0 Å². The molecule has 0 aliphatic rings. The van der Waals surface area contributed by atoms with E-state index in [-0.39, 0.29) is 11.5 Å². The molecule has 0 fully saturated rings. The zero-order chi connectivity index (χ0) is 19.5. The normalized spacial score (nSPS) is 10.5. The van der Waals surface area contributed by atoms with Gasteiger partial charge in [0.1, 0.15) is 11.5 Å². The Morgan fingerprint density at radius 2 is 1.38 bits per heavy atom. The lowest BCUT2D eigenvalue weighted by molar-refractivity contribution is 0.249. The van der Waals surface area contributed by atoms with Crippen molar-refractivity contribution in [1.82, 2.24) is 0 Å². The van der Waals surface area contributed by atoms with Crippen LogP contribution in [0.25, 0.3) is 0 Å². The highest BCUT2D eigenvalue weighted by Gasteiger charge is 2.05. The van der Waals surface area contributed by atoms with Crippen LogP contribution in [-0.2, 0) is 4.52 Å². The minimum atomic E-state index is -2.12. The van der Waals surface area contributed by atoms with Crippen molar-refractivity contribution in [2.24, 2.45) is 0 Å². The fourth-order valence-electron chi connectivity index (χ4n) is 2.11. The maximum atomic E-state index is 9.35. The zero-order valence-corrected chi connectivity index (χ0v) is 17.1. The number of hydrogen-bond donors (Lipinski definition) is 4. The van der Waals surface area contributed by atoms with Gasteiger partial charge in [0, 0.05) is 9.79 Å². The highest BCUT2D eigenvalue weighted by atomic mass is 32.2. The Balaban J connectivity index is 0.000000321. The van der Waals surface area contributed by atoms with Crippen LogP contribution in [0.15, 0.2) is 46.2 Å². The molecule has 4 N–H and O–H groups in total. The van der Waals surface area contributed by atoms with Gasteiger partial charge < -0.3 is 24.5 Å². The fourth-order valence-corrected chi connectivity index (χ4v) is 3.35. The van der Waals surface area contributed by atoms with Crippen molar-refractivity contribution >= 4 is 20.4 Å². The Labute approximate surface area is 160 Å². The molecule has 0 amide bonds. The Kier molecular flexibility index (Phi) is 10.6. The van der Waals surface area contributed by atoms with Crippen molar-refractivity contribution in [3.8, 4) is 11.5 Å². The second-order valence-corrected chi connectivity index (χ2v) is 7.64. The van der Waals surface area contributed by atoms with Gasteiger partial charge in [0.05, 0.1) is 6.61 Å². The third-order valence-corrected chi connectivity index (χ3v) is 5.26. The van der Waals surface area contributed by atoms with Crippen LogP contribution in [-0.4, -0.2) is 26.6 Å². The monoisotopic (exact) mass is 398 g/mol. The Morgan fingerprint density at radius 3 is 1.77 bits per heavy atom. The summed E-state index contributed by atoms with van der Waals surface area (Å²) in [7, 11) is -2.12. The van der Waals surface area contributed by atoms with Gasteiger partial charge in [-0.3, -0.25) is 0 Å². The molecule has 0 saturated carbocycles. The molecule has 0 heterocycles. The van der Waals surface area contributed by atoms with Crippen molar-refractivity contribution in [3.63, 3.8) is 0 Å². The number of phenols is 2. The van der Waals surface area contributed by atoms with Gasteiger partial charge in [-0.25, -0.2) is 0 Å². The second-order valence-electron chi connectivity index (χ2n) is 5.79. The van der Waals surface area contributed by atoms with Crippen LogP contribution < -0.4 is 0 Å². The van der Waals surface area contributed by atoms with E-state index < -0.39 is 8.60 Å². The molecule has 0 aliphatic carbocycles. The van der Waals surface area contributed by atoms with Gasteiger partial charge >= 0.3 is 8.60 Å². The number of aromatic hydroxyl groups is 2. The highest BCUT2D eigenvalue weighted by Crippen LogP contribution is 2.34. The molecule has 2 rings (SSSR count). The van der Waals surface area contributed by atoms with Crippen LogP contribution >= 0.6 is 20.4 Å². The summed E-state index contributed by atoms with van der Waals surface area (Å²) in [4.78, 5) is 18.7. The van der Waals surface area contributed by atoms with E-state index in [9.17, 15) is 10.2 Å². The molecule has 26 heavy (non-hydrogen) atoms. The number of rotatable bonds is 7. The lowest BCUT2D eigenvalue weighted by Gasteiger charge is -2.08. The molecular weight excluding hydrogens is 371 g/mol. The van der Waals surface area contributed by atoms with Gasteiger partial charge in [-0.2, -0.15) is 0 Å². The number of unbranched alkanes of at least 4 members (excludes halogenated alkanes) is 2. The summed E-state index contributed by atoms with van der Waals surface area (Å²) in [6.45, 7) is 6.49. The first kappa shape index (κ1) is 22.7. The fraction of sp³-hybridized carbons (Fsp3) is 0.368. The smallest absolute Gasteiger partial charge is 0.327 e. The molecular formula is C19H27O5PS. The summed E-state index contributed by atoms with van der Waals surface area (Å²) in [5.74, 6) is 0.573. The minimum absolute atomic E-state index is 0.286. The number of aryl methyl sites for hydroxylation is 2. The quantitative estimate of drug-likeness (QED) is 0.375. The predicted molar refractivity (Wildman–Crippen MR) is 107 cm³/mol. The van der Waals surface area contributed by atoms with E-state index in [1.165, 1.54) is 0 Å². The average molecular weight is 398 g/mol. The van der Waals surface area contributed by atoms with Gasteiger partial charge in [0.15, 0.2) is 0 Å². The Morgan fingerprint density at radius 1 is 0.885 bits per heavy atom. The van der Waals surface area contributed by atoms with Gasteiger partial charge in [-0.15, -0.1) is 0 Å². The summed E-state index contributed by atoms with van der Waals surface area (Å²) >= 11 is 1.64. The molecule has 0 saturated heterocycles. The Bertz CT molecular complexity index is 629. The van der Waals surface area contributed by atoms with Crippen molar-refractivity contribution in [3.05, 3.63) is 47.5 Å². The lowest BCUT2D eigenvalue weighted by Crippen LogP contribution is -1.87. The van der Waals surface area contributed by atoms with E-state index in [1.807, 2.05) is 26.0 Å². The van der Waals surface area contributed by atoms with Crippen LogP contribution in [0.1, 0.15) is 37.3 Å². The topological polar surface area (TPSA) is 90.2 Å². The SMILES string of the molecule is CCCCCOP(O)O.Cc1cc(O)ccc1Sc1ccc(O)cc1C. The molecule has 5 nitrogen and oxygen atoms in total. The molecule has 0 atom stereocenters. The first-order chi connectivity index (χ1) is 12.3. The summed E-state index contributed by atoms with van der Waals surface area (Å²) in [6, 6.07) is 10.7.